The molecule has 0 N–H and O–H groups in total. The quantitative estimate of drug-likeness (QED) is 0.164. The Morgan fingerprint density at radius 2 is 1.38 bits per heavy atom. The summed E-state index contributed by atoms with van der Waals surface area (Å²) in [5.74, 6) is 1.33. The molecular weight excluding hydrogens is 729 g/mol. The largest absolute Gasteiger partial charge is 0.476 e. The third-order valence-corrected chi connectivity index (χ3v) is 7.77. The molecule has 3 aromatic heterocycles. The first-order valence-corrected chi connectivity index (χ1v) is 14.9. The Hall–Kier alpha value is -4.63. The van der Waals surface area contributed by atoms with Gasteiger partial charge in [0.2, 0.25) is 0 Å². The molecule has 7 rings (SSSR count). The van der Waals surface area contributed by atoms with Crippen LogP contribution in [0.2, 0.25) is 0 Å². The summed E-state index contributed by atoms with van der Waals surface area (Å²) in [4.78, 5) is 8.97. The van der Waals surface area contributed by atoms with Crippen molar-refractivity contribution >= 4 is 11.0 Å². The Morgan fingerprint density at radius 1 is 0.689 bits per heavy atom. The van der Waals surface area contributed by atoms with Gasteiger partial charge in [-0.15, -0.1) is 47.5 Å². The minimum atomic E-state index is 0. The van der Waals surface area contributed by atoms with E-state index in [1.807, 2.05) is 72.9 Å². The van der Waals surface area contributed by atoms with Crippen LogP contribution in [0.15, 0.2) is 132 Å². The molecule has 0 aliphatic rings. The van der Waals surface area contributed by atoms with Crippen molar-refractivity contribution in [3.8, 4) is 45.0 Å². The van der Waals surface area contributed by atoms with Crippen LogP contribution in [0, 0.1) is 26.0 Å². The predicted octanol–water partition coefficient (Wildman–Crippen LogP) is 10.9. The Kier molecular flexibility index (Phi) is 10.2. The standard InChI is InChI=1S/C30H26NO.C11H8N.Ir/c1-19(2)25-17-27(31-18-20(25)3)24-15-26(22-11-7-5-8-12-22)29-21(4)30(32-28(29)16-24)23-13-9-6-10-14-23;1-2-6-10(7-3-1)11-8-4-5-9-12-11;/h5-15,17-19H,1-4H3;1-6,8-9H;/q2*-1;. The average Bonchev–Trinajstić information content (AvgIpc) is 3.42. The molecule has 0 saturated carbocycles. The number of aromatic nitrogens is 2. The Morgan fingerprint density at radius 3 is 2.02 bits per heavy atom. The van der Waals surface area contributed by atoms with Gasteiger partial charge in [0, 0.05) is 38.1 Å². The fourth-order valence-corrected chi connectivity index (χ4v) is 5.53. The molecule has 0 saturated heterocycles. The van der Waals surface area contributed by atoms with E-state index in [1.54, 1.807) is 6.20 Å². The van der Waals surface area contributed by atoms with Gasteiger partial charge >= 0.3 is 0 Å². The molecule has 3 heterocycles. The van der Waals surface area contributed by atoms with Gasteiger partial charge in [-0.25, -0.2) is 0 Å². The van der Waals surface area contributed by atoms with E-state index < -0.39 is 0 Å². The molecule has 0 unspecified atom stereocenters. The van der Waals surface area contributed by atoms with Crippen LogP contribution in [0.25, 0.3) is 55.9 Å². The van der Waals surface area contributed by atoms with Crippen LogP contribution in [0.5, 0.6) is 0 Å². The van der Waals surface area contributed by atoms with E-state index in [2.05, 4.69) is 93.3 Å². The van der Waals surface area contributed by atoms with Crippen LogP contribution in [0.4, 0.5) is 0 Å². The van der Waals surface area contributed by atoms with E-state index in [9.17, 15) is 0 Å². The molecule has 45 heavy (non-hydrogen) atoms. The van der Waals surface area contributed by atoms with Crippen molar-refractivity contribution in [1.29, 1.82) is 0 Å². The van der Waals surface area contributed by atoms with Crippen molar-refractivity contribution in [3.05, 3.63) is 156 Å². The number of benzene rings is 4. The number of aryl methyl sites for hydroxylation is 2. The fourth-order valence-electron chi connectivity index (χ4n) is 5.53. The zero-order valence-corrected chi connectivity index (χ0v) is 28.2. The van der Waals surface area contributed by atoms with Gasteiger partial charge in [0.05, 0.1) is 5.58 Å². The second kappa shape index (κ2) is 14.4. The van der Waals surface area contributed by atoms with Gasteiger partial charge in [0.15, 0.2) is 0 Å². The van der Waals surface area contributed by atoms with Crippen molar-refractivity contribution in [2.24, 2.45) is 0 Å². The molecule has 0 atom stereocenters. The Bertz CT molecular complexity index is 1950. The zero-order valence-electron chi connectivity index (χ0n) is 25.8. The minimum absolute atomic E-state index is 0. The summed E-state index contributed by atoms with van der Waals surface area (Å²) in [6.07, 6.45) is 3.75. The van der Waals surface area contributed by atoms with Gasteiger partial charge < -0.3 is 14.4 Å². The molecule has 3 nitrogen and oxygen atoms in total. The minimum Gasteiger partial charge on any atom is -0.476 e. The second-order valence-electron chi connectivity index (χ2n) is 11.2. The summed E-state index contributed by atoms with van der Waals surface area (Å²) < 4.78 is 6.43. The second-order valence-corrected chi connectivity index (χ2v) is 11.2. The molecule has 7 aromatic rings. The molecule has 0 aliphatic carbocycles. The molecule has 0 bridgehead atoms. The third kappa shape index (κ3) is 7.04. The van der Waals surface area contributed by atoms with E-state index in [1.165, 1.54) is 11.1 Å². The summed E-state index contributed by atoms with van der Waals surface area (Å²) in [7, 11) is 0. The maximum Gasteiger partial charge on any atom is 0.126 e. The van der Waals surface area contributed by atoms with Gasteiger partial charge in [-0.05, 0) is 59.5 Å². The van der Waals surface area contributed by atoms with E-state index in [0.29, 0.717) is 5.92 Å². The number of furan rings is 1. The SMILES string of the molecule is Cc1cnc(-c2[c-]c3oc(-c4ccccc4)c(C)c3c(-c3ccccc3)c2)cc1C(C)C.[Ir].[c-]1ccccc1-c1ccccn1. The van der Waals surface area contributed by atoms with Crippen LogP contribution >= 0.6 is 0 Å². The summed E-state index contributed by atoms with van der Waals surface area (Å²) in [5.41, 5.74) is 11.7. The van der Waals surface area contributed by atoms with Crippen molar-refractivity contribution in [2.75, 3.05) is 0 Å². The molecule has 0 aliphatic heterocycles. The van der Waals surface area contributed by atoms with Crippen LogP contribution < -0.4 is 0 Å². The van der Waals surface area contributed by atoms with Crippen molar-refractivity contribution in [3.63, 3.8) is 0 Å². The topological polar surface area (TPSA) is 38.9 Å². The van der Waals surface area contributed by atoms with Crippen LogP contribution in [-0.4, -0.2) is 9.97 Å². The summed E-state index contributed by atoms with van der Waals surface area (Å²) in [6.45, 7) is 8.69. The first kappa shape index (κ1) is 31.8. The van der Waals surface area contributed by atoms with Gasteiger partial charge in [-0.1, -0.05) is 110 Å². The normalized spacial score (nSPS) is 10.7. The molecule has 0 amide bonds. The molecule has 4 heteroatoms. The molecule has 1 radical (unpaired) electrons. The molecular formula is C41H34IrN2O-2. The van der Waals surface area contributed by atoms with Gasteiger partial charge in [0.25, 0.3) is 0 Å². The number of hydrogen-bond acceptors (Lipinski definition) is 3. The smallest absolute Gasteiger partial charge is 0.126 e. The number of pyridine rings is 2. The number of hydrogen-bond donors (Lipinski definition) is 0. The van der Waals surface area contributed by atoms with Crippen LogP contribution in [-0.2, 0) is 20.1 Å². The molecule has 225 valence electrons. The van der Waals surface area contributed by atoms with E-state index in [0.717, 1.165) is 61.5 Å². The van der Waals surface area contributed by atoms with E-state index in [-0.39, 0.29) is 20.1 Å². The summed E-state index contributed by atoms with van der Waals surface area (Å²) >= 11 is 0. The molecule has 4 aromatic carbocycles. The predicted molar refractivity (Wildman–Crippen MR) is 181 cm³/mol. The van der Waals surface area contributed by atoms with Crippen molar-refractivity contribution in [1.82, 2.24) is 9.97 Å². The Balaban J connectivity index is 0.000000258. The maximum absolute atomic E-state index is 6.43. The van der Waals surface area contributed by atoms with E-state index >= 15 is 0 Å². The summed E-state index contributed by atoms with van der Waals surface area (Å²) in [5, 5.41) is 1.11. The zero-order chi connectivity index (χ0) is 30.5. The molecule has 0 spiro atoms. The first-order chi connectivity index (χ1) is 21.5. The monoisotopic (exact) mass is 763 g/mol. The molecule has 0 fully saturated rings. The van der Waals surface area contributed by atoms with Gasteiger partial charge in [-0.2, -0.15) is 0 Å². The average molecular weight is 763 g/mol. The van der Waals surface area contributed by atoms with Crippen LogP contribution in [0.3, 0.4) is 0 Å². The fraction of sp³-hybridized carbons (Fsp3) is 0.122. The van der Waals surface area contributed by atoms with Gasteiger partial charge in [-0.3, -0.25) is 0 Å². The van der Waals surface area contributed by atoms with E-state index in [4.69, 9.17) is 9.40 Å². The van der Waals surface area contributed by atoms with Crippen molar-refractivity contribution in [2.45, 2.75) is 33.6 Å². The maximum atomic E-state index is 6.43. The van der Waals surface area contributed by atoms with Crippen LogP contribution in [0.1, 0.15) is 36.5 Å². The third-order valence-electron chi connectivity index (χ3n) is 7.77. The Labute approximate surface area is 279 Å². The first-order valence-electron chi connectivity index (χ1n) is 14.9. The number of nitrogens with zero attached hydrogens (tertiary/aromatic N) is 2. The number of fused-ring (bicyclic) bond motifs is 1. The van der Waals surface area contributed by atoms with Crippen molar-refractivity contribution < 1.29 is 24.5 Å². The summed E-state index contributed by atoms with van der Waals surface area (Å²) in [6, 6.07) is 45.5. The number of rotatable bonds is 5. The van der Waals surface area contributed by atoms with Gasteiger partial charge in [0.1, 0.15) is 5.76 Å².